The molecule has 0 saturated heterocycles. The number of alkyl halides is 2. The second kappa shape index (κ2) is 9.67. The van der Waals surface area contributed by atoms with Crippen LogP contribution < -0.4 is 15.3 Å². The lowest BCUT2D eigenvalue weighted by Gasteiger charge is -2.29. The average Bonchev–Trinajstić information content (AvgIpc) is 3.03. The fourth-order valence-corrected chi connectivity index (χ4v) is 4.62. The molecule has 0 unspecified atom stereocenters. The van der Waals surface area contributed by atoms with Gasteiger partial charge in [-0.3, -0.25) is 0 Å². The summed E-state index contributed by atoms with van der Waals surface area (Å²) in [5.74, 6) is -0.599. The maximum atomic E-state index is 13.7. The zero-order valence-corrected chi connectivity index (χ0v) is 18.2. The number of nitriles is 1. The summed E-state index contributed by atoms with van der Waals surface area (Å²) in [7, 11) is -4.24. The van der Waals surface area contributed by atoms with Crippen LogP contribution in [0.1, 0.15) is 37.8 Å². The standard InChI is InChI=1S/C21H22F3N5O2S/c1-3-17-18(10-25)20(29(15-5-4-6-15)19(17)7-13(2)24)21-26-11-16(12-27-21)32(30,31)28-14(8-22)9-23/h3,7,11-12,14-15,28H,2,4-6,8-9H2,1H3. The van der Waals surface area contributed by atoms with Crippen molar-refractivity contribution in [3.8, 4) is 17.6 Å². The van der Waals surface area contributed by atoms with E-state index in [9.17, 15) is 26.9 Å². The monoisotopic (exact) mass is 465 g/mol. The van der Waals surface area contributed by atoms with Crippen LogP contribution in [-0.2, 0) is 10.0 Å². The lowest BCUT2D eigenvalue weighted by molar-refractivity contribution is 0.311. The van der Waals surface area contributed by atoms with Gasteiger partial charge in [0, 0.05) is 11.3 Å². The first-order valence-corrected chi connectivity index (χ1v) is 11.4. The SMILES string of the molecule is C=C(F)C=c1c(=CC)c(C#N)c(-c2ncc(S(=O)(=O)NC(CF)CF)cn2)n1C1CCC1. The molecule has 2 aromatic heterocycles. The summed E-state index contributed by atoms with van der Waals surface area (Å²) in [6.07, 6.45) is 7.55. The van der Waals surface area contributed by atoms with Crippen molar-refractivity contribution >= 4 is 22.2 Å². The Hall–Kier alpha value is -2.97. The highest BCUT2D eigenvalue weighted by atomic mass is 32.2. The largest absolute Gasteiger partial charge is 0.334 e. The summed E-state index contributed by atoms with van der Waals surface area (Å²) in [6, 6.07) is 0.614. The molecule has 170 valence electrons. The highest BCUT2D eigenvalue weighted by Crippen LogP contribution is 2.34. The third-order valence-electron chi connectivity index (χ3n) is 5.26. The molecule has 2 heterocycles. The van der Waals surface area contributed by atoms with Gasteiger partial charge in [-0.2, -0.15) is 5.26 Å². The summed E-state index contributed by atoms with van der Waals surface area (Å²) >= 11 is 0. The summed E-state index contributed by atoms with van der Waals surface area (Å²) in [5.41, 5.74) is 0.579. The molecule has 0 aromatic carbocycles. The normalized spacial score (nSPS) is 15.8. The van der Waals surface area contributed by atoms with E-state index in [0.717, 1.165) is 31.7 Å². The van der Waals surface area contributed by atoms with Gasteiger partial charge in [0.15, 0.2) is 5.82 Å². The van der Waals surface area contributed by atoms with E-state index < -0.39 is 35.2 Å². The molecule has 7 nitrogen and oxygen atoms in total. The Kier molecular flexibility index (Phi) is 7.16. The average molecular weight is 466 g/mol. The zero-order chi connectivity index (χ0) is 23.5. The van der Waals surface area contributed by atoms with E-state index in [-0.39, 0.29) is 22.3 Å². The fraction of sp³-hybridized carbons (Fsp3) is 0.381. The van der Waals surface area contributed by atoms with Crippen LogP contribution in [0.5, 0.6) is 0 Å². The highest BCUT2D eigenvalue weighted by Gasteiger charge is 2.28. The van der Waals surface area contributed by atoms with Crippen molar-refractivity contribution in [1.29, 1.82) is 5.26 Å². The number of hydrogen-bond acceptors (Lipinski definition) is 5. The van der Waals surface area contributed by atoms with Crippen LogP contribution in [0.2, 0.25) is 0 Å². The molecule has 3 rings (SSSR count). The van der Waals surface area contributed by atoms with Gasteiger partial charge in [0.1, 0.15) is 35.8 Å². The van der Waals surface area contributed by atoms with E-state index in [4.69, 9.17) is 0 Å². The molecule has 1 N–H and O–H groups in total. The molecule has 0 aliphatic heterocycles. The molecule has 1 saturated carbocycles. The number of nitrogens with zero attached hydrogens (tertiary/aromatic N) is 4. The van der Waals surface area contributed by atoms with Crippen molar-refractivity contribution in [2.24, 2.45) is 0 Å². The van der Waals surface area contributed by atoms with Gasteiger partial charge in [-0.1, -0.05) is 12.7 Å². The van der Waals surface area contributed by atoms with Crippen LogP contribution in [0.3, 0.4) is 0 Å². The maximum Gasteiger partial charge on any atom is 0.244 e. The molecule has 1 aliphatic rings. The maximum absolute atomic E-state index is 13.7. The first kappa shape index (κ1) is 23.7. The molecule has 11 heteroatoms. The number of aromatic nitrogens is 3. The Morgan fingerprint density at radius 2 is 2.00 bits per heavy atom. The van der Waals surface area contributed by atoms with Crippen molar-refractivity contribution < 1.29 is 21.6 Å². The van der Waals surface area contributed by atoms with Crippen LogP contribution in [0.4, 0.5) is 13.2 Å². The minimum atomic E-state index is -4.24. The molecular weight excluding hydrogens is 443 g/mol. The summed E-state index contributed by atoms with van der Waals surface area (Å²) in [5, 5.41) is 10.8. The summed E-state index contributed by atoms with van der Waals surface area (Å²) < 4.78 is 67.6. The van der Waals surface area contributed by atoms with E-state index in [1.165, 1.54) is 6.08 Å². The molecule has 1 aliphatic carbocycles. The van der Waals surface area contributed by atoms with Crippen molar-refractivity contribution in [1.82, 2.24) is 19.3 Å². The van der Waals surface area contributed by atoms with Crippen LogP contribution in [-0.4, -0.2) is 42.3 Å². The minimum absolute atomic E-state index is 0.0000533. The molecule has 0 amide bonds. The third kappa shape index (κ3) is 4.47. The molecule has 1 fully saturated rings. The van der Waals surface area contributed by atoms with Crippen LogP contribution in [0, 0.1) is 11.3 Å². The topological polar surface area (TPSA) is 101 Å². The van der Waals surface area contributed by atoms with Crippen LogP contribution in [0.15, 0.2) is 29.7 Å². The number of hydrogen-bond donors (Lipinski definition) is 1. The quantitative estimate of drug-likeness (QED) is 0.644. The van der Waals surface area contributed by atoms with Gasteiger partial charge in [-0.05, 0) is 32.3 Å². The van der Waals surface area contributed by atoms with Crippen molar-refractivity contribution in [2.45, 2.75) is 43.2 Å². The second-order valence-corrected chi connectivity index (χ2v) is 9.05. The summed E-state index contributed by atoms with van der Waals surface area (Å²) in [4.78, 5) is 7.86. The van der Waals surface area contributed by atoms with Crippen molar-refractivity contribution in [2.75, 3.05) is 13.3 Å². The molecule has 0 atom stereocenters. The second-order valence-electron chi connectivity index (χ2n) is 7.34. The molecule has 2 aromatic rings. The Balaban J connectivity index is 2.18. The molecule has 0 spiro atoms. The molecule has 0 bridgehead atoms. The smallest absolute Gasteiger partial charge is 0.244 e. The van der Waals surface area contributed by atoms with Gasteiger partial charge in [0.05, 0.1) is 29.3 Å². The van der Waals surface area contributed by atoms with E-state index in [1.54, 1.807) is 17.6 Å². The lowest BCUT2D eigenvalue weighted by Crippen LogP contribution is -2.38. The van der Waals surface area contributed by atoms with E-state index in [0.29, 0.717) is 16.3 Å². The van der Waals surface area contributed by atoms with E-state index in [2.05, 4.69) is 22.6 Å². The number of halogens is 3. The predicted octanol–water partition coefficient (Wildman–Crippen LogP) is 2.19. The van der Waals surface area contributed by atoms with Gasteiger partial charge in [0.2, 0.25) is 10.0 Å². The molecule has 32 heavy (non-hydrogen) atoms. The number of rotatable bonds is 8. The van der Waals surface area contributed by atoms with Gasteiger partial charge in [-0.25, -0.2) is 36.3 Å². The molecular formula is C21H22F3N5O2S. The number of nitrogens with one attached hydrogen (secondary N) is 1. The summed E-state index contributed by atoms with van der Waals surface area (Å²) in [6.45, 7) is 2.61. The van der Waals surface area contributed by atoms with Crippen molar-refractivity contribution in [3.63, 3.8) is 0 Å². The minimum Gasteiger partial charge on any atom is -0.334 e. The van der Waals surface area contributed by atoms with Crippen LogP contribution in [0.25, 0.3) is 23.7 Å². The first-order chi connectivity index (χ1) is 15.3. The van der Waals surface area contributed by atoms with Gasteiger partial charge in [-0.15, -0.1) is 0 Å². The molecule has 0 radical (unpaired) electrons. The predicted molar refractivity (Wildman–Crippen MR) is 113 cm³/mol. The zero-order valence-electron chi connectivity index (χ0n) is 17.4. The third-order valence-corrected chi connectivity index (χ3v) is 6.74. The highest BCUT2D eigenvalue weighted by molar-refractivity contribution is 7.89. The fourth-order valence-electron chi connectivity index (χ4n) is 3.54. The van der Waals surface area contributed by atoms with Gasteiger partial charge < -0.3 is 4.57 Å². The Bertz CT molecular complexity index is 1270. The Morgan fingerprint density at radius 3 is 2.44 bits per heavy atom. The first-order valence-electron chi connectivity index (χ1n) is 9.90. The van der Waals surface area contributed by atoms with Crippen molar-refractivity contribution in [3.05, 3.63) is 40.9 Å². The lowest BCUT2D eigenvalue weighted by atomic mass is 9.92. The van der Waals surface area contributed by atoms with E-state index >= 15 is 0 Å². The number of allylic oxidation sites excluding steroid dienone is 1. The van der Waals surface area contributed by atoms with Crippen LogP contribution >= 0.6 is 0 Å². The Morgan fingerprint density at radius 1 is 1.38 bits per heavy atom. The Labute approximate surface area is 183 Å². The van der Waals surface area contributed by atoms with E-state index in [1.807, 2.05) is 4.72 Å². The van der Waals surface area contributed by atoms with Gasteiger partial charge in [0.25, 0.3) is 0 Å². The number of sulfonamides is 1. The van der Waals surface area contributed by atoms with Gasteiger partial charge >= 0.3 is 0 Å².